The van der Waals surface area contributed by atoms with Gasteiger partial charge in [-0.05, 0) is 34.4 Å². The van der Waals surface area contributed by atoms with E-state index in [2.05, 4.69) is 66.7 Å². The van der Waals surface area contributed by atoms with Crippen molar-refractivity contribution in [3.8, 4) is 11.5 Å². The molecule has 0 bridgehead atoms. The molecule has 2 aromatic carbocycles. The molecule has 2 aromatic rings. The molecule has 0 saturated carbocycles. The number of rotatable bonds is 4. The molecular formula is C23H32O2. The summed E-state index contributed by atoms with van der Waals surface area (Å²) in [5.74, 6) is -0.0670. The number of hydrogen-bond acceptors (Lipinski definition) is 2. The van der Waals surface area contributed by atoms with Gasteiger partial charge >= 0.3 is 0 Å². The first-order valence-electron chi connectivity index (χ1n) is 8.97. The van der Waals surface area contributed by atoms with E-state index in [0.29, 0.717) is 0 Å². The summed E-state index contributed by atoms with van der Waals surface area (Å²) in [6, 6.07) is 13.9. The molecule has 25 heavy (non-hydrogen) atoms. The average Bonchev–Trinajstić information content (AvgIpc) is 2.48. The summed E-state index contributed by atoms with van der Waals surface area (Å²) < 4.78 is 0. The van der Waals surface area contributed by atoms with Gasteiger partial charge in [0, 0.05) is 11.0 Å². The van der Waals surface area contributed by atoms with E-state index in [0.717, 1.165) is 23.1 Å². The highest BCUT2D eigenvalue weighted by molar-refractivity contribution is 5.55. The Morgan fingerprint density at radius 3 is 1.84 bits per heavy atom. The Hall–Kier alpha value is -1.96. The van der Waals surface area contributed by atoms with E-state index < -0.39 is 5.41 Å². The van der Waals surface area contributed by atoms with Gasteiger partial charge < -0.3 is 10.2 Å². The lowest BCUT2D eigenvalue weighted by Crippen LogP contribution is -2.26. The highest BCUT2D eigenvalue weighted by atomic mass is 16.3. The molecule has 2 N–H and O–H groups in total. The number of aromatic hydroxyl groups is 2. The van der Waals surface area contributed by atoms with Crippen molar-refractivity contribution >= 4 is 0 Å². The Morgan fingerprint density at radius 2 is 1.32 bits per heavy atom. The summed E-state index contributed by atoms with van der Waals surface area (Å²) in [6.45, 7) is 15.2. The van der Waals surface area contributed by atoms with Gasteiger partial charge in [-0.15, -0.1) is 0 Å². The van der Waals surface area contributed by atoms with Gasteiger partial charge in [-0.1, -0.05) is 84.9 Å². The van der Waals surface area contributed by atoms with Crippen LogP contribution in [-0.4, -0.2) is 10.2 Å². The second-order valence-electron chi connectivity index (χ2n) is 9.50. The Balaban J connectivity index is 2.59. The molecule has 0 amide bonds. The van der Waals surface area contributed by atoms with E-state index in [1.807, 2.05) is 18.2 Å². The van der Waals surface area contributed by atoms with Crippen LogP contribution in [0.3, 0.4) is 0 Å². The highest BCUT2D eigenvalue weighted by Crippen LogP contribution is 2.45. The van der Waals surface area contributed by atoms with Crippen LogP contribution in [0.1, 0.15) is 71.6 Å². The van der Waals surface area contributed by atoms with Gasteiger partial charge in [-0.2, -0.15) is 0 Å². The third-order valence-electron chi connectivity index (χ3n) is 5.01. The summed E-state index contributed by atoms with van der Waals surface area (Å²) in [7, 11) is 0. The van der Waals surface area contributed by atoms with Gasteiger partial charge in [0.15, 0.2) is 11.5 Å². The Labute approximate surface area is 152 Å². The fourth-order valence-corrected chi connectivity index (χ4v) is 3.92. The zero-order chi connectivity index (χ0) is 19.0. The van der Waals surface area contributed by atoms with Crippen LogP contribution in [0.15, 0.2) is 42.5 Å². The standard InChI is InChI=1S/C23H32O2/c1-21(2,3)15-22(4,5)17-13-18(20(25)19(24)14-17)23(6,7)16-11-9-8-10-12-16/h8-14,24-25H,15H2,1-7H3. The van der Waals surface area contributed by atoms with Gasteiger partial charge in [0.05, 0.1) is 0 Å². The van der Waals surface area contributed by atoms with Crippen molar-refractivity contribution in [3.63, 3.8) is 0 Å². The van der Waals surface area contributed by atoms with Crippen molar-refractivity contribution < 1.29 is 10.2 Å². The van der Waals surface area contributed by atoms with E-state index in [1.54, 1.807) is 6.07 Å². The highest BCUT2D eigenvalue weighted by Gasteiger charge is 2.32. The van der Waals surface area contributed by atoms with Crippen LogP contribution in [0.4, 0.5) is 0 Å². The second kappa shape index (κ2) is 6.40. The zero-order valence-electron chi connectivity index (χ0n) is 16.6. The maximum atomic E-state index is 10.6. The first kappa shape index (κ1) is 19.4. The normalized spacial score (nSPS) is 13.1. The van der Waals surface area contributed by atoms with Crippen molar-refractivity contribution in [2.24, 2.45) is 5.41 Å². The smallest absolute Gasteiger partial charge is 0.161 e. The third kappa shape index (κ3) is 4.18. The number of hydrogen-bond donors (Lipinski definition) is 2. The van der Waals surface area contributed by atoms with Gasteiger partial charge in [0.2, 0.25) is 0 Å². The van der Waals surface area contributed by atoms with E-state index in [4.69, 9.17) is 0 Å². The molecule has 0 aliphatic carbocycles. The van der Waals surface area contributed by atoms with Crippen molar-refractivity contribution in [2.45, 2.75) is 65.7 Å². The first-order chi connectivity index (χ1) is 11.3. The lowest BCUT2D eigenvalue weighted by Gasteiger charge is -2.35. The lowest BCUT2D eigenvalue weighted by molar-refractivity contribution is 0.282. The van der Waals surface area contributed by atoms with Gasteiger partial charge in [-0.3, -0.25) is 0 Å². The second-order valence-corrected chi connectivity index (χ2v) is 9.50. The summed E-state index contributed by atoms with van der Waals surface area (Å²) in [5, 5.41) is 21.0. The average molecular weight is 341 g/mol. The number of benzene rings is 2. The van der Waals surface area contributed by atoms with Crippen LogP contribution in [-0.2, 0) is 10.8 Å². The van der Waals surface area contributed by atoms with Crippen LogP contribution in [0.2, 0.25) is 0 Å². The molecule has 0 aliphatic heterocycles. The summed E-state index contributed by atoms with van der Waals surface area (Å²) in [6.07, 6.45) is 0.982. The summed E-state index contributed by atoms with van der Waals surface area (Å²) in [4.78, 5) is 0. The molecule has 0 aromatic heterocycles. The molecule has 0 spiro atoms. The van der Waals surface area contributed by atoms with Gasteiger partial charge in [0.1, 0.15) is 0 Å². The van der Waals surface area contributed by atoms with Gasteiger partial charge in [0.25, 0.3) is 0 Å². The number of phenolic OH excluding ortho intramolecular Hbond substituents is 2. The fourth-order valence-electron chi connectivity index (χ4n) is 3.92. The molecule has 0 heterocycles. The lowest BCUT2D eigenvalue weighted by atomic mass is 9.70. The predicted molar refractivity (Wildman–Crippen MR) is 105 cm³/mol. The summed E-state index contributed by atoms with van der Waals surface area (Å²) in [5.41, 5.74) is 2.58. The van der Waals surface area contributed by atoms with E-state index in [1.165, 1.54) is 0 Å². The van der Waals surface area contributed by atoms with Crippen molar-refractivity contribution in [1.29, 1.82) is 0 Å². The van der Waals surface area contributed by atoms with E-state index in [-0.39, 0.29) is 22.3 Å². The Kier molecular flexibility index (Phi) is 4.96. The Bertz CT molecular complexity index is 735. The summed E-state index contributed by atoms with van der Waals surface area (Å²) >= 11 is 0. The van der Waals surface area contributed by atoms with Crippen molar-refractivity contribution in [2.75, 3.05) is 0 Å². The molecular weight excluding hydrogens is 308 g/mol. The van der Waals surface area contributed by atoms with Gasteiger partial charge in [-0.25, -0.2) is 0 Å². The van der Waals surface area contributed by atoms with Crippen molar-refractivity contribution in [3.05, 3.63) is 59.2 Å². The molecule has 0 atom stereocenters. The molecule has 2 heteroatoms. The fraction of sp³-hybridized carbons (Fsp3) is 0.478. The quantitative estimate of drug-likeness (QED) is 0.656. The SMILES string of the molecule is CC(C)(C)CC(C)(C)c1cc(O)c(O)c(C(C)(C)c2ccccc2)c1. The Morgan fingerprint density at radius 1 is 0.760 bits per heavy atom. The molecule has 0 aliphatic rings. The zero-order valence-corrected chi connectivity index (χ0v) is 16.6. The van der Waals surface area contributed by atoms with Crippen LogP contribution in [0.5, 0.6) is 11.5 Å². The molecule has 0 fully saturated rings. The van der Waals surface area contributed by atoms with E-state index in [9.17, 15) is 10.2 Å². The van der Waals surface area contributed by atoms with E-state index >= 15 is 0 Å². The molecule has 2 nitrogen and oxygen atoms in total. The molecule has 0 saturated heterocycles. The molecule has 0 radical (unpaired) electrons. The maximum absolute atomic E-state index is 10.6. The minimum atomic E-state index is -0.406. The number of phenols is 2. The minimum absolute atomic E-state index is 0.0239. The van der Waals surface area contributed by atoms with Crippen LogP contribution in [0.25, 0.3) is 0 Å². The molecule has 2 rings (SSSR count). The van der Waals surface area contributed by atoms with Crippen LogP contribution >= 0.6 is 0 Å². The van der Waals surface area contributed by atoms with Crippen LogP contribution < -0.4 is 0 Å². The first-order valence-corrected chi connectivity index (χ1v) is 8.97. The third-order valence-corrected chi connectivity index (χ3v) is 5.01. The largest absolute Gasteiger partial charge is 0.504 e. The minimum Gasteiger partial charge on any atom is -0.504 e. The molecule has 0 unspecified atom stereocenters. The van der Waals surface area contributed by atoms with Crippen LogP contribution in [0, 0.1) is 5.41 Å². The monoisotopic (exact) mass is 340 g/mol. The molecule has 136 valence electrons. The topological polar surface area (TPSA) is 40.5 Å². The van der Waals surface area contributed by atoms with Crippen molar-refractivity contribution in [1.82, 2.24) is 0 Å². The maximum Gasteiger partial charge on any atom is 0.161 e. The predicted octanol–water partition coefficient (Wildman–Crippen LogP) is 6.14.